The van der Waals surface area contributed by atoms with Crippen LogP contribution in [0.15, 0.2) is 24.4 Å². The Labute approximate surface area is 287 Å². The van der Waals surface area contributed by atoms with Crippen LogP contribution in [0.2, 0.25) is 5.02 Å². The number of aromatic hydroxyl groups is 1. The first kappa shape index (κ1) is 38.5. The molecule has 0 aliphatic carbocycles. The van der Waals surface area contributed by atoms with E-state index in [1.807, 2.05) is 0 Å². The zero-order valence-electron chi connectivity index (χ0n) is 26.1. The maximum absolute atomic E-state index is 13.0. The van der Waals surface area contributed by atoms with Crippen molar-refractivity contribution in [2.24, 2.45) is 0 Å². The number of aromatic nitrogens is 3. The second-order valence-electron chi connectivity index (χ2n) is 11.0. The summed E-state index contributed by atoms with van der Waals surface area (Å²) in [5.41, 5.74) is 7.28. The van der Waals surface area contributed by atoms with Crippen molar-refractivity contribution in [1.29, 1.82) is 0 Å². The summed E-state index contributed by atoms with van der Waals surface area (Å²) < 4.78 is 0. The molecule has 0 radical (unpaired) electrons. The van der Waals surface area contributed by atoms with Gasteiger partial charge in [0.2, 0.25) is 23.6 Å². The number of nitrogens with two attached hydrogens (primary N) is 1. The lowest BCUT2D eigenvalue weighted by molar-refractivity contribution is -0.144. The van der Waals surface area contributed by atoms with E-state index in [1.54, 1.807) is 12.3 Å². The number of hydrogen-bond acceptors (Lipinski definition) is 11. The van der Waals surface area contributed by atoms with Gasteiger partial charge in [0.05, 0.1) is 16.0 Å². The van der Waals surface area contributed by atoms with Crippen LogP contribution < -0.4 is 21.7 Å². The van der Waals surface area contributed by atoms with Gasteiger partial charge in [-0.05, 0) is 55.4 Å². The lowest BCUT2D eigenvalue weighted by atomic mass is 10.0. The number of amides is 3. The molecule has 2 aromatic heterocycles. The van der Waals surface area contributed by atoms with Crippen LogP contribution in [0.4, 0.5) is 5.95 Å². The highest BCUT2D eigenvalue weighted by Gasteiger charge is 2.29. The topological polar surface area (TPSA) is 324 Å². The van der Waals surface area contributed by atoms with Crippen LogP contribution >= 0.6 is 11.6 Å². The molecular weight excluding hydrogens is 686 g/mol. The summed E-state index contributed by atoms with van der Waals surface area (Å²) >= 11 is 6.34. The number of rotatable bonds is 19. The molecule has 268 valence electrons. The van der Waals surface area contributed by atoms with Crippen molar-refractivity contribution in [2.75, 3.05) is 5.73 Å². The predicted octanol–water partition coefficient (Wildman–Crippen LogP) is 0.431. The van der Waals surface area contributed by atoms with E-state index in [0.29, 0.717) is 35.0 Å². The standard InChI is InChI=1S/C30H34ClN7O12/c31-16-11-13(1-3-14-12-33-24-23(14)27(46)38-30(32)37-24)2-4-15(16)25(44)35-18(28(47)48)5-8-20(39)34-17(6-9-21(40)41)26(45)36-19(29(49)50)7-10-22(42)43/h2,4,11-12,17-19H,1,3,5-10H2,(H,34,39)(H,35,44)(H,36,45)(H,40,41)(H,42,43)(H,47,48)(H,49,50)(H4,32,33,37,38,46)/t17-,18-,19-/m0/s1. The highest BCUT2D eigenvalue weighted by molar-refractivity contribution is 6.34. The van der Waals surface area contributed by atoms with Gasteiger partial charge in [-0.2, -0.15) is 9.97 Å². The zero-order valence-corrected chi connectivity index (χ0v) is 26.9. The maximum atomic E-state index is 13.0. The second kappa shape index (κ2) is 17.4. The van der Waals surface area contributed by atoms with Crippen molar-refractivity contribution in [3.8, 4) is 5.88 Å². The van der Waals surface area contributed by atoms with Crippen LogP contribution in [0.25, 0.3) is 11.0 Å². The number of nitrogen functional groups attached to an aromatic ring is 1. The smallest absolute Gasteiger partial charge is 0.326 e. The van der Waals surface area contributed by atoms with E-state index in [4.69, 9.17) is 27.5 Å². The van der Waals surface area contributed by atoms with Crippen molar-refractivity contribution in [3.05, 3.63) is 46.1 Å². The Morgan fingerprint density at radius 2 is 1.40 bits per heavy atom. The summed E-state index contributed by atoms with van der Waals surface area (Å²) in [6.45, 7) is 0. The van der Waals surface area contributed by atoms with E-state index in [1.165, 1.54) is 12.1 Å². The molecule has 0 unspecified atom stereocenters. The van der Waals surface area contributed by atoms with E-state index in [0.717, 1.165) is 0 Å². The number of carboxylic acid groups (broad SMARTS) is 4. The molecule has 0 aliphatic rings. The van der Waals surface area contributed by atoms with E-state index in [-0.39, 0.29) is 22.4 Å². The van der Waals surface area contributed by atoms with Gasteiger partial charge in [0.25, 0.3) is 5.91 Å². The number of aliphatic carboxylic acids is 4. The van der Waals surface area contributed by atoms with E-state index >= 15 is 0 Å². The molecule has 3 rings (SSSR count). The lowest BCUT2D eigenvalue weighted by Gasteiger charge is -2.21. The van der Waals surface area contributed by atoms with Crippen LogP contribution in [0.1, 0.15) is 60.0 Å². The van der Waals surface area contributed by atoms with E-state index in [9.17, 15) is 48.9 Å². The molecule has 0 bridgehead atoms. The first-order valence-electron chi connectivity index (χ1n) is 15.0. The Kier molecular flexibility index (Phi) is 13.4. The van der Waals surface area contributed by atoms with Gasteiger partial charge < -0.3 is 52.2 Å². The Morgan fingerprint density at radius 3 is 2.00 bits per heavy atom. The fourth-order valence-electron chi connectivity index (χ4n) is 4.84. The van der Waals surface area contributed by atoms with Crippen molar-refractivity contribution in [2.45, 2.75) is 69.5 Å². The number of nitrogens with one attached hydrogen (secondary N) is 4. The van der Waals surface area contributed by atoms with Gasteiger partial charge in [0.15, 0.2) is 0 Å². The third kappa shape index (κ3) is 11.0. The SMILES string of the molecule is Nc1nc(O)c2c(CCc3ccc(C(=O)N[C@@H](CCC(=O)N[C@@H](CCC(=O)O)C(=O)N[C@@H](CCC(=O)O)C(=O)O)C(=O)O)c(Cl)c3)c[nH]c2n1. The van der Waals surface area contributed by atoms with Gasteiger partial charge in [0, 0.05) is 25.5 Å². The van der Waals surface area contributed by atoms with Gasteiger partial charge >= 0.3 is 23.9 Å². The first-order valence-corrected chi connectivity index (χ1v) is 15.3. The maximum Gasteiger partial charge on any atom is 0.326 e. The number of H-pyrrole nitrogens is 1. The quantitative estimate of drug-likeness (QED) is 0.0803. The summed E-state index contributed by atoms with van der Waals surface area (Å²) in [6.07, 6.45) is -0.640. The number of carbonyl (C=O) groups excluding carboxylic acids is 3. The Balaban J connectivity index is 1.60. The van der Waals surface area contributed by atoms with Gasteiger partial charge in [0.1, 0.15) is 23.8 Å². The van der Waals surface area contributed by atoms with Crippen molar-refractivity contribution in [1.82, 2.24) is 30.9 Å². The fraction of sp³-hybridized carbons (Fsp3) is 0.367. The molecule has 3 atom stereocenters. The summed E-state index contributed by atoms with van der Waals surface area (Å²) in [5.74, 6) is -8.90. The molecule has 0 spiro atoms. The van der Waals surface area contributed by atoms with E-state index in [2.05, 4.69) is 30.9 Å². The first-order chi connectivity index (χ1) is 23.5. The molecule has 1 aromatic carbocycles. The zero-order chi connectivity index (χ0) is 37.1. The van der Waals surface area contributed by atoms with Crippen LogP contribution in [-0.4, -0.2) is 100 Å². The summed E-state index contributed by atoms with van der Waals surface area (Å²) in [4.78, 5) is 94.3. The largest absolute Gasteiger partial charge is 0.493 e. The third-order valence-corrected chi connectivity index (χ3v) is 7.71. The number of fused-ring (bicyclic) bond motifs is 1. The van der Waals surface area contributed by atoms with Crippen LogP contribution in [0.5, 0.6) is 5.88 Å². The number of carboxylic acids is 4. The minimum Gasteiger partial charge on any atom is -0.493 e. The molecular formula is C30H34ClN7O12. The monoisotopic (exact) mass is 719 g/mol. The van der Waals surface area contributed by atoms with Crippen molar-refractivity contribution >= 4 is 70.2 Å². The lowest BCUT2D eigenvalue weighted by Crippen LogP contribution is -2.52. The normalized spacial score (nSPS) is 12.7. The predicted molar refractivity (Wildman–Crippen MR) is 172 cm³/mol. The summed E-state index contributed by atoms with van der Waals surface area (Å²) in [6, 6.07) is -0.266. The molecule has 0 saturated heterocycles. The number of nitrogens with zero attached hydrogens (tertiary/aromatic N) is 2. The van der Waals surface area contributed by atoms with Crippen LogP contribution in [0, 0.1) is 0 Å². The Morgan fingerprint density at radius 1 is 0.800 bits per heavy atom. The molecule has 3 aromatic rings. The minimum absolute atomic E-state index is 0.00932. The molecule has 2 heterocycles. The molecule has 20 heteroatoms. The van der Waals surface area contributed by atoms with Gasteiger partial charge in [-0.25, -0.2) is 9.59 Å². The summed E-state index contributed by atoms with van der Waals surface area (Å²) in [7, 11) is 0. The number of carbonyl (C=O) groups is 7. The van der Waals surface area contributed by atoms with Gasteiger partial charge in [-0.15, -0.1) is 0 Å². The van der Waals surface area contributed by atoms with Crippen molar-refractivity contribution < 1.29 is 59.1 Å². The Bertz CT molecular complexity index is 1800. The number of aryl methyl sites for hydroxylation is 2. The number of halogens is 1. The van der Waals surface area contributed by atoms with Crippen molar-refractivity contribution in [3.63, 3.8) is 0 Å². The average molecular weight is 720 g/mol. The molecule has 3 amide bonds. The number of hydrogen-bond donors (Lipinski definition) is 10. The van der Waals surface area contributed by atoms with Gasteiger partial charge in [-0.1, -0.05) is 17.7 Å². The highest BCUT2D eigenvalue weighted by atomic mass is 35.5. The second-order valence-corrected chi connectivity index (χ2v) is 11.5. The minimum atomic E-state index is -1.64. The summed E-state index contributed by atoms with van der Waals surface area (Å²) in [5, 5.41) is 54.0. The number of benzene rings is 1. The van der Waals surface area contributed by atoms with Crippen LogP contribution in [0.3, 0.4) is 0 Å². The molecule has 19 nitrogen and oxygen atoms in total. The highest BCUT2D eigenvalue weighted by Crippen LogP contribution is 2.27. The molecule has 11 N–H and O–H groups in total. The molecule has 0 saturated carbocycles. The fourth-order valence-corrected chi connectivity index (χ4v) is 5.13. The van der Waals surface area contributed by atoms with E-state index < -0.39 is 98.2 Å². The van der Waals surface area contributed by atoms with Crippen LogP contribution in [-0.2, 0) is 41.6 Å². The van der Waals surface area contributed by atoms with Gasteiger partial charge in [-0.3, -0.25) is 24.0 Å². The number of anilines is 1. The molecule has 0 aliphatic heterocycles. The Hall–Kier alpha value is -5.98. The molecule has 0 fully saturated rings. The number of aromatic amines is 1. The molecule has 50 heavy (non-hydrogen) atoms. The average Bonchev–Trinajstić information content (AvgIpc) is 3.44. The third-order valence-electron chi connectivity index (χ3n) is 7.40.